The van der Waals surface area contributed by atoms with Crippen LogP contribution >= 0.6 is 11.6 Å². The topological polar surface area (TPSA) is 75.7 Å². The normalized spacial score (nSPS) is 13.5. The van der Waals surface area contributed by atoms with Crippen molar-refractivity contribution in [3.63, 3.8) is 0 Å². The lowest BCUT2D eigenvalue weighted by atomic mass is 10.1. The van der Waals surface area contributed by atoms with Crippen molar-refractivity contribution in [3.05, 3.63) is 64.2 Å². The predicted octanol–water partition coefficient (Wildman–Crippen LogP) is 3.89. The molecule has 0 aromatic heterocycles. The van der Waals surface area contributed by atoms with Crippen LogP contribution in [-0.4, -0.2) is 35.8 Å². The van der Waals surface area contributed by atoms with Crippen molar-refractivity contribution in [2.75, 3.05) is 18.5 Å². The zero-order chi connectivity index (χ0) is 20.1. The molecule has 1 aliphatic heterocycles. The molecule has 3 rings (SSSR count). The second-order valence-corrected chi connectivity index (χ2v) is 6.89. The first kappa shape index (κ1) is 19.9. The van der Waals surface area contributed by atoms with Crippen LogP contribution in [-0.2, 0) is 16.1 Å². The summed E-state index contributed by atoms with van der Waals surface area (Å²) in [4.78, 5) is 38.0. The van der Waals surface area contributed by atoms with Crippen LogP contribution in [0, 0.1) is 0 Å². The van der Waals surface area contributed by atoms with Crippen molar-refractivity contribution in [1.29, 1.82) is 0 Å². The van der Waals surface area contributed by atoms with Gasteiger partial charge in [0.2, 0.25) is 5.91 Å². The van der Waals surface area contributed by atoms with Crippen molar-refractivity contribution in [2.45, 2.75) is 26.3 Å². The Morgan fingerprint density at radius 2 is 1.93 bits per heavy atom. The Labute approximate surface area is 168 Å². The van der Waals surface area contributed by atoms with E-state index in [2.05, 4.69) is 5.32 Å². The number of rotatable bonds is 6. The van der Waals surface area contributed by atoms with Crippen molar-refractivity contribution in [1.82, 2.24) is 4.90 Å². The summed E-state index contributed by atoms with van der Waals surface area (Å²) in [5.74, 6) is -0.674. The smallest absolute Gasteiger partial charge is 0.339 e. The minimum absolute atomic E-state index is 0.168. The summed E-state index contributed by atoms with van der Waals surface area (Å²) in [7, 11) is 0. The maximum atomic E-state index is 12.5. The summed E-state index contributed by atoms with van der Waals surface area (Å²) in [5, 5.41) is 3.01. The van der Waals surface area contributed by atoms with Crippen molar-refractivity contribution in [2.24, 2.45) is 0 Å². The van der Waals surface area contributed by atoms with Crippen LogP contribution in [0.3, 0.4) is 0 Å². The number of likely N-dealkylation sites (tertiary alicyclic amines) is 1. The molecule has 0 radical (unpaired) electrons. The molecular weight excluding hydrogens is 380 g/mol. The Kier molecular flexibility index (Phi) is 6.31. The first-order valence-electron chi connectivity index (χ1n) is 9.12. The van der Waals surface area contributed by atoms with E-state index in [4.69, 9.17) is 16.3 Å². The molecule has 1 N–H and O–H groups in total. The van der Waals surface area contributed by atoms with Crippen LogP contribution in [0.2, 0.25) is 5.02 Å². The zero-order valence-electron chi connectivity index (χ0n) is 15.5. The SMILES string of the molecule is CCOC(=O)c1cc(NC(=O)c2ccc(CN3CCCC3=O)cc2)ccc1Cl. The molecule has 0 bridgehead atoms. The van der Waals surface area contributed by atoms with Gasteiger partial charge in [-0.3, -0.25) is 9.59 Å². The molecule has 1 fully saturated rings. The zero-order valence-corrected chi connectivity index (χ0v) is 16.3. The molecule has 7 heteroatoms. The van der Waals surface area contributed by atoms with E-state index >= 15 is 0 Å². The molecular formula is C21H21ClN2O4. The molecule has 0 atom stereocenters. The Hall–Kier alpha value is -2.86. The van der Waals surface area contributed by atoms with Gasteiger partial charge < -0.3 is 15.0 Å². The molecule has 1 saturated heterocycles. The van der Waals surface area contributed by atoms with Gasteiger partial charge in [0.15, 0.2) is 0 Å². The lowest BCUT2D eigenvalue weighted by Crippen LogP contribution is -2.23. The van der Waals surface area contributed by atoms with E-state index in [1.165, 1.54) is 6.07 Å². The molecule has 2 aromatic rings. The number of esters is 1. The number of ether oxygens (including phenoxy) is 1. The van der Waals surface area contributed by atoms with Crippen LogP contribution in [0.4, 0.5) is 5.69 Å². The van der Waals surface area contributed by atoms with E-state index in [-0.39, 0.29) is 29.0 Å². The molecule has 1 aliphatic rings. The first-order valence-corrected chi connectivity index (χ1v) is 9.50. The van der Waals surface area contributed by atoms with Crippen LogP contribution in [0.25, 0.3) is 0 Å². The summed E-state index contributed by atoms with van der Waals surface area (Å²) in [6.45, 7) is 3.28. The van der Waals surface area contributed by atoms with Gasteiger partial charge >= 0.3 is 5.97 Å². The van der Waals surface area contributed by atoms with Crippen molar-refractivity contribution in [3.8, 4) is 0 Å². The van der Waals surface area contributed by atoms with Gasteiger partial charge in [0.05, 0.1) is 17.2 Å². The predicted molar refractivity (Wildman–Crippen MR) is 106 cm³/mol. The molecule has 6 nitrogen and oxygen atoms in total. The molecule has 1 heterocycles. The first-order chi connectivity index (χ1) is 13.5. The molecule has 146 valence electrons. The van der Waals surface area contributed by atoms with Gasteiger partial charge in [-0.1, -0.05) is 23.7 Å². The molecule has 2 aromatic carbocycles. The number of amides is 2. The van der Waals surface area contributed by atoms with E-state index in [0.717, 1.165) is 18.5 Å². The van der Waals surface area contributed by atoms with E-state index in [0.29, 0.717) is 24.2 Å². The Morgan fingerprint density at radius 1 is 1.18 bits per heavy atom. The fourth-order valence-electron chi connectivity index (χ4n) is 3.02. The highest BCUT2D eigenvalue weighted by Crippen LogP contribution is 2.22. The van der Waals surface area contributed by atoms with Gasteiger partial charge in [-0.2, -0.15) is 0 Å². The summed E-state index contributed by atoms with van der Waals surface area (Å²) in [5.41, 5.74) is 2.10. The number of anilines is 1. The molecule has 0 saturated carbocycles. The van der Waals surface area contributed by atoms with Gasteiger partial charge in [0, 0.05) is 30.8 Å². The summed E-state index contributed by atoms with van der Waals surface area (Å²) >= 11 is 6.04. The Balaban J connectivity index is 1.67. The maximum Gasteiger partial charge on any atom is 0.339 e. The number of carbonyl (C=O) groups excluding carboxylic acids is 3. The van der Waals surface area contributed by atoms with E-state index in [9.17, 15) is 14.4 Å². The van der Waals surface area contributed by atoms with Crippen LogP contribution in [0.15, 0.2) is 42.5 Å². The van der Waals surface area contributed by atoms with Crippen molar-refractivity contribution < 1.29 is 19.1 Å². The summed E-state index contributed by atoms with van der Waals surface area (Å²) < 4.78 is 4.96. The lowest BCUT2D eigenvalue weighted by Gasteiger charge is -2.15. The van der Waals surface area contributed by atoms with Crippen LogP contribution in [0.1, 0.15) is 46.0 Å². The van der Waals surface area contributed by atoms with Gasteiger partial charge in [-0.05, 0) is 49.2 Å². The van der Waals surface area contributed by atoms with Gasteiger partial charge in [-0.25, -0.2) is 4.79 Å². The molecule has 0 aliphatic carbocycles. The minimum atomic E-state index is -0.538. The number of nitrogens with zero attached hydrogens (tertiary/aromatic N) is 1. The maximum absolute atomic E-state index is 12.5. The Bertz CT molecular complexity index is 896. The highest BCUT2D eigenvalue weighted by Gasteiger charge is 2.20. The second-order valence-electron chi connectivity index (χ2n) is 6.48. The highest BCUT2D eigenvalue weighted by atomic mass is 35.5. The molecule has 28 heavy (non-hydrogen) atoms. The molecule has 0 unspecified atom stereocenters. The van der Waals surface area contributed by atoms with Crippen LogP contribution in [0.5, 0.6) is 0 Å². The fourth-order valence-corrected chi connectivity index (χ4v) is 3.22. The molecule has 0 spiro atoms. The van der Waals surface area contributed by atoms with Crippen LogP contribution < -0.4 is 5.32 Å². The second kappa shape index (κ2) is 8.89. The standard InChI is InChI=1S/C21H21ClN2O4/c1-2-28-21(27)17-12-16(9-10-18(17)22)23-20(26)15-7-5-14(6-8-15)13-24-11-3-4-19(24)25/h5-10,12H,2-4,11,13H2,1H3,(H,23,26). The minimum Gasteiger partial charge on any atom is -0.462 e. The van der Waals surface area contributed by atoms with Gasteiger partial charge in [-0.15, -0.1) is 0 Å². The largest absolute Gasteiger partial charge is 0.462 e. The third-order valence-electron chi connectivity index (χ3n) is 4.48. The lowest BCUT2D eigenvalue weighted by molar-refractivity contribution is -0.128. The summed E-state index contributed by atoms with van der Waals surface area (Å²) in [6.07, 6.45) is 1.50. The third-order valence-corrected chi connectivity index (χ3v) is 4.81. The van der Waals surface area contributed by atoms with Gasteiger partial charge in [0.25, 0.3) is 5.91 Å². The number of halogens is 1. The fraction of sp³-hybridized carbons (Fsp3) is 0.286. The van der Waals surface area contributed by atoms with E-state index in [1.807, 2.05) is 17.0 Å². The summed E-state index contributed by atoms with van der Waals surface area (Å²) in [6, 6.07) is 11.8. The third kappa shape index (κ3) is 4.70. The quantitative estimate of drug-likeness (QED) is 0.746. The average molecular weight is 401 g/mol. The number of nitrogens with one attached hydrogen (secondary N) is 1. The number of hydrogen-bond acceptors (Lipinski definition) is 4. The number of carbonyl (C=O) groups is 3. The monoisotopic (exact) mass is 400 g/mol. The number of benzene rings is 2. The number of hydrogen-bond donors (Lipinski definition) is 1. The van der Waals surface area contributed by atoms with E-state index < -0.39 is 5.97 Å². The highest BCUT2D eigenvalue weighted by molar-refractivity contribution is 6.33. The Morgan fingerprint density at radius 3 is 2.57 bits per heavy atom. The van der Waals surface area contributed by atoms with E-state index in [1.54, 1.807) is 31.2 Å². The average Bonchev–Trinajstić information content (AvgIpc) is 3.08. The van der Waals surface area contributed by atoms with Crippen molar-refractivity contribution >= 4 is 35.1 Å². The van der Waals surface area contributed by atoms with Gasteiger partial charge in [0.1, 0.15) is 0 Å². The molecule has 2 amide bonds.